The van der Waals surface area contributed by atoms with Crippen LogP contribution in [0.1, 0.15) is 31.2 Å². The number of sulfonamides is 1. The van der Waals surface area contributed by atoms with E-state index in [1.54, 1.807) is 13.0 Å². The van der Waals surface area contributed by atoms with Gasteiger partial charge >= 0.3 is 5.69 Å². The Balaban J connectivity index is 1.86. The standard InChI is InChI=1S/C18H20N4O5S/c1-11-8-12(19-27-11)10-22-16(23)14-9-13(4-5-15(14)21(3)17(22)24)28(25,26)20-18(2)6-7-18/h4-5,8-9,20H,6-7,10H2,1-3H3. The number of nitrogens with zero attached hydrogens (tertiary/aromatic N) is 3. The minimum absolute atomic E-state index is 0.00676. The summed E-state index contributed by atoms with van der Waals surface area (Å²) >= 11 is 0. The summed E-state index contributed by atoms with van der Waals surface area (Å²) in [6.45, 7) is 3.48. The van der Waals surface area contributed by atoms with Crippen LogP contribution in [0.25, 0.3) is 10.9 Å². The van der Waals surface area contributed by atoms with Crippen LogP contribution in [0.15, 0.2) is 43.3 Å². The van der Waals surface area contributed by atoms with Gasteiger partial charge in [0.05, 0.1) is 22.3 Å². The molecule has 1 aliphatic rings. The van der Waals surface area contributed by atoms with Gasteiger partial charge in [-0.2, -0.15) is 0 Å². The first-order valence-corrected chi connectivity index (χ1v) is 10.3. The molecule has 0 aliphatic heterocycles. The minimum atomic E-state index is -3.77. The first kappa shape index (κ1) is 18.6. The zero-order chi connectivity index (χ0) is 20.3. The van der Waals surface area contributed by atoms with E-state index in [0.717, 1.165) is 17.4 Å². The van der Waals surface area contributed by atoms with Crippen LogP contribution in [0.3, 0.4) is 0 Å². The highest BCUT2D eigenvalue weighted by molar-refractivity contribution is 7.89. The number of fused-ring (bicyclic) bond motifs is 1. The molecule has 0 amide bonds. The number of benzene rings is 1. The first-order chi connectivity index (χ1) is 13.1. The van der Waals surface area contributed by atoms with Crippen LogP contribution in [0.2, 0.25) is 0 Å². The molecule has 1 N–H and O–H groups in total. The van der Waals surface area contributed by atoms with Crippen LogP contribution in [0.5, 0.6) is 0 Å². The van der Waals surface area contributed by atoms with Crippen LogP contribution in [0.4, 0.5) is 0 Å². The van der Waals surface area contributed by atoms with Gasteiger partial charge < -0.3 is 4.52 Å². The van der Waals surface area contributed by atoms with E-state index in [1.807, 2.05) is 6.92 Å². The maximum Gasteiger partial charge on any atom is 0.331 e. The predicted octanol–water partition coefficient (Wildman–Crippen LogP) is 0.876. The molecule has 0 atom stereocenters. The summed E-state index contributed by atoms with van der Waals surface area (Å²) in [4.78, 5) is 25.6. The Hall–Kier alpha value is -2.72. The fourth-order valence-corrected chi connectivity index (χ4v) is 4.62. The van der Waals surface area contributed by atoms with Crippen LogP contribution < -0.4 is 16.0 Å². The van der Waals surface area contributed by atoms with Gasteiger partial charge in [0, 0.05) is 18.7 Å². The van der Waals surface area contributed by atoms with Crippen molar-refractivity contribution in [1.29, 1.82) is 0 Å². The van der Waals surface area contributed by atoms with Crippen LogP contribution >= 0.6 is 0 Å². The predicted molar refractivity (Wildman–Crippen MR) is 102 cm³/mol. The second-order valence-corrected chi connectivity index (χ2v) is 9.19. The van der Waals surface area contributed by atoms with Crippen LogP contribution in [0, 0.1) is 6.92 Å². The van der Waals surface area contributed by atoms with Crippen molar-refractivity contribution in [3.8, 4) is 0 Å². The topological polar surface area (TPSA) is 116 Å². The van der Waals surface area contributed by atoms with Crippen molar-refractivity contribution in [3.05, 3.63) is 56.6 Å². The molecule has 2 aromatic heterocycles. The Morgan fingerprint density at radius 1 is 1.25 bits per heavy atom. The van der Waals surface area contributed by atoms with Gasteiger partial charge in [0.15, 0.2) is 0 Å². The maximum absolute atomic E-state index is 13.0. The maximum atomic E-state index is 13.0. The monoisotopic (exact) mass is 404 g/mol. The van der Waals surface area contributed by atoms with Gasteiger partial charge in [-0.05, 0) is 44.9 Å². The molecule has 9 nitrogen and oxygen atoms in total. The van der Waals surface area contributed by atoms with E-state index in [9.17, 15) is 18.0 Å². The molecule has 0 spiro atoms. The minimum Gasteiger partial charge on any atom is -0.361 e. The van der Waals surface area contributed by atoms with E-state index in [2.05, 4.69) is 9.88 Å². The lowest BCUT2D eigenvalue weighted by molar-refractivity contribution is 0.388. The molecule has 1 fully saturated rings. The quantitative estimate of drug-likeness (QED) is 0.675. The van der Waals surface area contributed by atoms with E-state index < -0.39 is 26.8 Å². The van der Waals surface area contributed by atoms with Crippen molar-refractivity contribution in [1.82, 2.24) is 19.0 Å². The Bertz CT molecular complexity index is 1310. The largest absolute Gasteiger partial charge is 0.361 e. The Labute approximate surface area is 160 Å². The van der Waals surface area contributed by atoms with Crippen molar-refractivity contribution >= 4 is 20.9 Å². The Morgan fingerprint density at radius 2 is 1.96 bits per heavy atom. The molecule has 4 rings (SSSR count). The van der Waals surface area contributed by atoms with Gasteiger partial charge in [0.1, 0.15) is 11.5 Å². The second-order valence-electron chi connectivity index (χ2n) is 7.51. The molecule has 1 saturated carbocycles. The van der Waals surface area contributed by atoms with Gasteiger partial charge in [-0.1, -0.05) is 5.16 Å². The van der Waals surface area contributed by atoms with Gasteiger partial charge in [0.2, 0.25) is 10.0 Å². The normalized spacial score (nSPS) is 15.8. The lowest BCUT2D eigenvalue weighted by Gasteiger charge is -2.14. The average Bonchev–Trinajstić information content (AvgIpc) is 3.20. The lowest BCUT2D eigenvalue weighted by Crippen LogP contribution is -2.39. The smallest absolute Gasteiger partial charge is 0.331 e. The van der Waals surface area contributed by atoms with E-state index in [0.29, 0.717) is 17.0 Å². The molecule has 0 radical (unpaired) electrons. The molecular formula is C18H20N4O5S. The molecule has 28 heavy (non-hydrogen) atoms. The summed E-state index contributed by atoms with van der Waals surface area (Å²) in [6, 6.07) is 5.83. The Morgan fingerprint density at radius 3 is 2.57 bits per heavy atom. The van der Waals surface area contributed by atoms with Crippen molar-refractivity contribution < 1.29 is 12.9 Å². The average molecular weight is 404 g/mol. The lowest BCUT2D eigenvalue weighted by atomic mass is 10.2. The Kier molecular flexibility index (Phi) is 4.09. The zero-order valence-corrected chi connectivity index (χ0v) is 16.5. The molecule has 10 heteroatoms. The molecule has 0 unspecified atom stereocenters. The molecule has 2 heterocycles. The van der Waals surface area contributed by atoms with Crippen molar-refractivity contribution in [3.63, 3.8) is 0 Å². The third kappa shape index (κ3) is 3.18. The molecule has 1 aliphatic carbocycles. The van der Waals surface area contributed by atoms with E-state index in [-0.39, 0.29) is 16.8 Å². The van der Waals surface area contributed by atoms with Crippen molar-refractivity contribution in [2.24, 2.45) is 7.05 Å². The molecular weight excluding hydrogens is 384 g/mol. The number of hydrogen-bond acceptors (Lipinski definition) is 6. The van der Waals surface area contributed by atoms with E-state index in [1.165, 1.54) is 29.8 Å². The fourth-order valence-electron chi connectivity index (χ4n) is 3.13. The summed E-state index contributed by atoms with van der Waals surface area (Å²) in [5.41, 5.74) is -0.726. The van der Waals surface area contributed by atoms with Gasteiger partial charge in [-0.15, -0.1) is 0 Å². The number of aromatic nitrogens is 3. The number of rotatable bonds is 5. The van der Waals surface area contributed by atoms with Crippen molar-refractivity contribution in [2.75, 3.05) is 0 Å². The van der Waals surface area contributed by atoms with Crippen molar-refractivity contribution in [2.45, 2.75) is 43.7 Å². The van der Waals surface area contributed by atoms with Gasteiger partial charge in [-0.3, -0.25) is 13.9 Å². The van der Waals surface area contributed by atoms with Crippen LogP contribution in [-0.4, -0.2) is 28.2 Å². The van der Waals surface area contributed by atoms with E-state index >= 15 is 0 Å². The highest BCUT2D eigenvalue weighted by Crippen LogP contribution is 2.36. The number of nitrogens with one attached hydrogen (secondary N) is 1. The second kappa shape index (κ2) is 6.14. The van der Waals surface area contributed by atoms with Gasteiger partial charge in [0.25, 0.3) is 5.56 Å². The van der Waals surface area contributed by atoms with Crippen LogP contribution in [-0.2, 0) is 23.6 Å². The molecule has 1 aromatic carbocycles. The molecule has 148 valence electrons. The summed E-state index contributed by atoms with van der Waals surface area (Å²) in [6.07, 6.45) is 1.55. The zero-order valence-electron chi connectivity index (χ0n) is 15.7. The molecule has 0 saturated heterocycles. The highest BCUT2D eigenvalue weighted by Gasteiger charge is 2.41. The molecule has 3 aromatic rings. The SMILES string of the molecule is Cc1cc(Cn2c(=O)c3cc(S(=O)(=O)NC4(C)CC4)ccc3n(C)c2=O)no1. The third-order valence-corrected chi connectivity index (χ3v) is 6.65. The van der Waals surface area contributed by atoms with E-state index in [4.69, 9.17) is 4.52 Å². The highest BCUT2D eigenvalue weighted by atomic mass is 32.2. The fraction of sp³-hybridized carbons (Fsp3) is 0.389. The summed E-state index contributed by atoms with van der Waals surface area (Å²) in [5, 5.41) is 3.96. The summed E-state index contributed by atoms with van der Waals surface area (Å²) in [7, 11) is -2.23. The summed E-state index contributed by atoms with van der Waals surface area (Å²) in [5.74, 6) is 0.564. The van der Waals surface area contributed by atoms with Gasteiger partial charge in [-0.25, -0.2) is 17.9 Å². The summed E-state index contributed by atoms with van der Waals surface area (Å²) < 4.78 is 35.3. The first-order valence-electron chi connectivity index (χ1n) is 8.79. The third-order valence-electron chi connectivity index (χ3n) is 5.01. The number of aryl methyl sites for hydroxylation is 2. The molecule has 0 bridgehead atoms. The number of hydrogen-bond donors (Lipinski definition) is 1.